The molecule has 1 aliphatic rings. The first-order valence-corrected chi connectivity index (χ1v) is 9.45. The summed E-state index contributed by atoms with van der Waals surface area (Å²) in [6.45, 7) is 5.56. The largest absolute Gasteiger partial charge is 0.465 e. The van der Waals surface area contributed by atoms with Crippen molar-refractivity contribution in [3.05, 3.63) is 58.3 Å². The molecule has 146 valence electrons. The number of nitrogens with one attached hydrogen (secondary N) is 1. The summed E-state index contributed by atoms with van der Waals surface area (Å²) in [4.78, 5) is 17.0. The first kappa shape index (κ1) is 19.6. The number of rotatable bonds is 7. The molecule has 6 heteroatoms. The number of furan rings is 1. The number of amides is 1. The van der Waals surface area contributed by atoms with Crippen LogP contribution in [0.4, 0.5) is 4.39 Å². The molecule has 0 saturated heterocycles. The predicted molar refractivity (Wildman–Crippen MR) is 103 cm³/mol. The summed E-state index contributed by atoms with van der Waals surface area (Å²) < 4.78 is 19.3. The van der Waals surface area contributed by atoms with E-state index in [0.29, 0.717) is 31.0 Å². The lowest BCUT2D eigenvalue weighted by molar-refractivity contribution is 0.0948. The molecule has 0 aliphatic carbocycles. The van der Waals surface area contributed by atoms with Gasteiger partial charge >= 0.3 is 0 Å². The van der Waals surface area contributed by atoms with Crippen LogP contribution >= 0.6 is 0 Å². The summed E-state index contributed by atoms with van der Waals surface area (Å²) in [5.41, 5.74) is 2.58. The van der Waals surface area contributed by atoms with Gasteiger partial charge in [-0.25, -0.2) is 4.39 Å². The van der Waals surface area contributed by atoms with Crippen LogP contribution < -0.4 is 5.32 Å². The third-order valence-corrected chi connectivity index (χ3v) is 4.89. The van der Waals surface area contributed by atoms with Crippen molar-refractivity contribution in [1.29, 1.82) is 0 Å². The van der Waals surface area contributed by atoms with Crippen LogP contribution in [0.1, 0.15) is 39.4 Å². The molecule has 1 aromatic carbocycles. The van der Waals surface area contributed by atoms with E-state index in [9.17, 15) is 9.18 Å². The molecule has 1 aromatic heterocycles. The number of benzene rings is 1. The SMILES string of the molecule is Cc1oc2c(c1C(=O)NCCCN(C)C)CN(Cc1cccc(F)c1)CC2. The summed E-state index contributed by atoms with van der Waals surface area (Å²) in [6, 6.07) is 6.68. The fourth-order valence-corrected chi connectivity index (χ4v) is 3.59. The summed E-state index contributed by atoms with van der Waals surface area (Å²) in [5.74, 6) is 1.30. The Morgan fingerprint density at radius 3 is 2.93 bits per heavy atom. The van der Waals surface area contributed by atoms with Crippen LogP contribution in [0.2, 0.25) is 0 Å². The molecule has 0 unspecified atom stereocenters. The van der Waals surface area contributed by atoms with E-state index in [1.165, 1.54) is 6.07 Å². The van der Waals surface area contributed by atoms with Gasteiger partial charge in [0.15, 0.2) is 0 Å². The van der Waals surface area contributed by atoms with Gasteiger partial charge in [0.2, 0.25) is 0 Å². The van der Waals surface area contributed by atoms with Gasteiger partial charge in [0, 0.05) is 38.2 Å². The van der Waals surface area contributed by atoms with Crippen LogP contribution in [-0.2, 0) is 19.5 Å². The lowest BCUT2D eigenvalue weighted by Gasteiger charge is -2.26. The van der Waals surface area contributed by atoms with Crippen molar-refractivity contribution in [3.8, 4) is 0 Å². The van der Waals surface area contributed by atoms with E-state index in [4.69, 9.17) is 4.42 Å². The Morgan fingerprint density at radius 2 is 2.19 bits per heavy atom. The average molecular weight is 373 g/mol. The van der Waals surface area contributed by atoms with Crippen LogP contribution in [-0.4, -0.2) is 49.4 Å². The summed E-state index contributed by atoms with van der Waals surface area (Å²) in [6.07, 6.45) is 1.67. The Labute approximate surface area is 160 Å². The lowest BCUT2D eigenvalue weighted by atomic mass is 10.0. The van der Waals surface area contributed by atoms with E-state index in [1.807, 2.05) is 27.1 Å². The fraction of sp³-hybridized carbons (Fsp3) is 0.476. The number of hydrogen-bond donors (Lipinski definition) is 1. The first-order valence-electron chi connectivity index (χ1n) is 9.45. The molecular weight excluding hydrogens is 345 g/mol. The number of carbonyl (C=O) groups excluding carboxylic acids is 1. The predicted octanol–water partition coefficient (Wildman–Crippen LogP) is 2.97. The second kappa shape index (κ2) is 8.67. The van der Waals surface area contributed by atoms with Crippen molar-refractivity contribution in [2.75, 3.05) is 33.7 Å². The van der Waals surface area contributed by atoms with Gasteiger partial charge < -0.3 is 14.6 Å². The van der Waals surface area contributed by atoms with E-state index in [0.717, 1.165) is 42.8 Å². The van der Waals surface area contributed by atoms with Gasteiger partial charge in [-0.05, 0) is 51.7 Å². The van der Waals surface area contributed by atoms with Gasteiger partial charge in [0.05, 0.1) is 5.56 Å². The quantitative estimate of drug-likeness (QED) is 0.758. The van der Waals surface area contributed by atoms with Crippen LogP contribution in [0.25, 0.3) is 0 Å². The maximum atomic E-state index is 13.4. The Hall–Kier alpha value is -2.18. The fourth-order valence-electron chi connectivity index (χ4n) is 3.59. The average Bonchev–Trinajstić information content (AvgIpc) is 2.93. The molecule has 0 radical (unpaired) electrons. The molecule has 0 bridgehead atoms. The van der Waals surface area contributed by atoms with Crippen LogP contribution in [0.3, 0.4) is 0 Å². The molecule has 5 nitrogen and oxygen atoms in total. The monoisotopic (exact) mass is 373 g/mol. The molecule has 2 aromatic rings. The van der Waals surface area contributed by atoms with Gasteiger partial charge in [0.25, 0.3) is 5.91 Å². The Morgan fingerprint density at radius 1 is 1.37 bits per heavy atom. The van der Waals surface area contributed by atoms with Gasteiger partial charge in [-0.3, -0.25) is 9.69 Å². The maximum Gasteiger partial charge on any atom is 0.255 e. The standard InChI is InChI=1S/C21H28FN3O2/c1-15-20(21(26)23-9-5-10-24(2)3)18-14-25(11-8-19(18)27-15)13-16-6-4-7-17(22)12-16/h4,6-7,12H,5,8-11,13-14H2,1-3H3,(H,23,26). The molecule has 0 saturated carbocycles. The van der Waals surface area contributed by atoms with Crippen molar-refractivity contribution >= 4 is 5.91 Å². The van der Waals surface area contributed by atoms with Gasteiger partial charge in [-0.1, -0.05) is 12.1 Å². The molecule has 0 spiro atoms. The summed E-state index contributed by atoms with van der Waals surface area (Å²) in [7, 11) is 4.04. The second-order valence-corrected chi connectivity index (χ2v) is 7.44. The molecule has 3 rings (SSSR count). The van der Waals surface area contributed by atoms with Crippen molar-refractivity contribution in [2.45, 2.75) is 32.9 Å². The number of nitrogens with zero attached hydrogens (tertiary/aromatic N) is 2. The van der Waals surface area contributed by atoms with E-state index in [1.54, 1.807) is 12.1 Å². The normalized spacial score (nSPS) is 14.4. The number of aryl methyl sites for hydroxylation is 1. The maximum absolute atomic E-state index is 13.4. The van der Waals surface area contributed by atoms with Crippen molar-refractivity contribution in [1.82, 2.24) is 15.1 Å². The van der Waals surface area contributed by atoms with Crippen molar-refractivity contribution < 1.29 is 13.6 Å². The zero-order chi connectivity index (χ0) is 19.4. The van der Waals surface area contributed by atoms with E-state index in [2.05, 4.69) is 15.1 Å². The zero-order valence-corrected chi connectivity index (χ0v) is 16.3. The molecule has 0 fully saturated rings. The minimum absolute atomic E-state index is 0.0659. The molecule has 1 N–H and O–H groups in total. The van der Waals surface area contributed by atoms with Crippen LogP contribution in [0, 0.1) is 12.7 Å². The highest BCUT2D eigenvalue weighted by molar-refractivity contribution is 5.97. The molecular formula is C21H28FN3O2. The second-order valence-electron chi connectivity index (χ2n) is 7.44. The highest BCUT2D eigenvalue weighted by Gasteiger charge is 2.28. The van der Waals surface area contributed by atoms with Gasteiger partial charge in [0.1, 0.15) is 17.3 Å². The Kier molecular flexibility index (Phi) is 6.29. The smallest absolute Gasteiger partial charge is 0.255 e. The number of hydrogen-bond acceptors (Lipinski definition) is 4. The minimum Gasteiger partial charge on any atom is -0.465 e. The third kappa shape index (κ3) is 4.96. The molecule has 1 aliphatic heterocycles. The van der Waals surface area contributed by atoms with E-state index in [-0.39, 0.29) is 11.7 Å². The molecule has 0 atom stereocenters. The Balaban J connectivity index is 1.67. The Bertz CT molecular complexity index is 801. The summed E-state index contributed by atoms with van der Waals surface area (Å²) in [5, 5.41) is 3.01. The highest BCUT2D eigenvalue weighted by Crippen LogP contribution is 2.29. The topological polar surface area (TPSA) is 48.7 Å². The molecule has 2 heterocycles. The van der Waals surface area contributed by atoms with Crippen LogP contribution in [0.15, 0.2) is 28.7 Å². The van der Waals surface area contributed by atoms with E-state index >= 15 is 0 Å². The highest BCUT2D eigenvalue weighted by atomic mass is 19.1. The van der Waals surface area contributed by atoms with Crippen LogP contribution in [0.5, 0.6) is 0 Å². The first-order chi connectivity index (χ1) is 12.9. The number of fused-ring (bicyclic) bond motifs is 1. The minimum atomic E-state index is -0.220. The zero-order valence-electron chi connectivity index (χ0n) is 16.3. The van der Waals surface area contributed by atoms with Gasteiger partial charge in [-0.15, -0.1) is 0 Å². The lowest BCUT2D eigenvalue weighted by Crippen LogP contribution is -2.32. The third-order valence-electron chi connectivity index (χ3n) is 4.89. The number of halogens is 1. The number of carbonyl (C=O) groups is 1. The molecule has 1 amide bonds. The van der Waals surface area contributed by atoms with Gasteiger partial charge in [-0.2, -0.15) is 0 Å². The summed E-state index contributed by atoms with van der Waals surface area (Å²) >= 11 is 0. The van der Waals surface area contributed by atoms with Crippen molar-refractivity contribution in [3.63, 3.8) is 0 Å². The van der Waals surface area contributed by atoms with Crippen molar-refractivity contribution in [2.24, 2.45) is 0 Å². The van der Waals surface area contributed by atoms with E-state index < -0.39 is 0 Å². The molecule has 27 heavy (non-hydrogen) atoms.